The monoisotopic (exact) mass is 290 g/mol. The summed E-state index contributed by atoms with van der Waals surface area (Å²) in [5.74, 6) is -0.204. The number of carbonyl (C=O) groups is 1. The second kappa shape index (κ2) is 5.96. The van der Waals surface area contributed by atoms with Crippen LogP contribution in [0.5, 0.6) is 0 Å². The molecular weight excluding hydrogens is 264 g/mol. The molecule has 0 aliphatic carbocycles. The third-order valence-corrected chi connectivity index (χ3v) is 4.57. The highest BCUT2D eigenvalue weighted by Crippen LogP contribution is 2.36. The Kier molecular flexibility index (Phi) is 4.45. The summed E-state index contributed by atoms with van der Waals surface area (Å²) in [6, 6.07) is 4.97. The summed E-state index contributed by atoms with van der Waals surface area (Å²) in [7, 11) is 0. The second-order valence-electron chi connectivity index (χ2n) is 7.06. The van der Waals surface area contributed by atoms with E-state index in [1.54, 1.807) is 18.2 Å². The Labute approximate surface area is 126 Å². The zero-order chi connectivity index (χ0) is 15.6. The van der Waals surface area contributed by atoms with Gasteiger partial charge < -0.3 is 15.7 Å². The largest absolute Gasteiger partial charge is 0.478 e. The lowest BCUT2D eigenvalue weighted by Gasteiger charge is -2.30. The molecule has 0 amide bonds. The Morgan fingerprint density at radius 1 is 1.29 bits per heavy atom. The molecular formula is C17H26N2O2. The molecule has 1 aliphatic heterocycles. The highest BCUT2D eigenvalue weighted by Gasteiger charge is 2.27. The van der Waals surface area contributed by atoms with Crippen molar-refractivity contribution in [2.24, 2.45) is 11.3 Å². The van der Waals surface area contributed by atoms with Gasteiger partial charge in [-0.15, -0.1) is 0 Å². The van der Waals surface area contributed by atoms with Gasteiger partial charge in [0.1, 0.15) is 0 Å². The Morgan fingerprint density at radius 3 is 2.62 bits per heavy atom. The molecule has 0 bridgehead atoms. The molecule has 3 N–H and O–H groups in total. The van der Waals surface area contributed by atoms with Crippen molar-refractivity contribution in [2.75, 3.05) is 23.7 Å². The van der Waals surface area contributed by atoms with Gasteiger partial charge in [0.25, 0.3) is 0 Å². The normalized spacial score (nSPS) is 20.1. The minimum absolute atomic E-state index is 0.302. The molecule has 0 aromatic heterocycles. The molecule has 1 fully saturated rings. The number of nitrogens with zero attached hydrogens (tertiary/aromatic N) is 1. The molecule has 4 nitrogen and oxygen atoms in total. The molecule has 1 unspecified atom stereocenters. The third kappa shape index (κ3) is 3.69. The van der Waals surface area contributed by atoms with Gasteiger partial charge in [0.2, 0.25) is 0 Å². The first kappa shape index (κ1) is 15.7. The number of hydrogen-bond donors (Lipinski definition) is 2. The highest BCUT2D eigenvalue weighted by molar-refractivity contribution is 5.90. The average molecular weight is 290 g/mol. The maximum Gasteiger partial charge on any atom is 0.335 e. The molecule has 1 heterocycles. The van der Waals surface area contributed by atoms with E-state index in [1.807, 2.05) is 0 Å². The van der Waals surface area contributed by atoms with E-state index < -0.39 is 5.97 Å². The van der Waals surface area contributed by atoms with Crippen LogP contribution in [0.3, 0.4) is 0 Å². The lowest BCUT2D eigenvalue weighted by Crippen LogP contribution is -2.27. The van der Waals surface area contributed by atoms with Crippen LogP contribution in [0.15, 0.2) is 18.2 Å². The van der Waals surface area contributed by atoms with Crippen LogP contribution in [0.1, 0.15) is 50.4 Å². The number of anilines is 2. The van der Waals surface area contributed by atoms with Gasteiger partial charge in [0, 0.05) is 13.1 Å². The number of carboxylic acids is 1. The summed E-state index contributed by atoms with van der Waals surface area (Å²) in [4.78, 5) is 13.4. The maximum atomic E-state index is 11.1. The Bertz CT molecular complexity index is 520. The van der Waals surface area contributed by atoms with Crippen molar-refractivity contribution in [3.8, 4) is 0 Å². The number of rotatable bonds is 2. The fourth-order valence-corrected chi connectivity index (χ4v) is 3.15. The summed E-state index contributed by atoms with van der Waals surface area (Å²) in [6.45, 7) is 8.78. The van der Waals surface area contributed by atoms with Gasteiger partial charge in [-0.3, -0.25) is 0 Å². The molecule has 1 aliphatic rings. The van der Waals surface area contributed by atoms with Crippen molar-refractivity contribution in [1.82, 2.24) is 0 Å². The van der Waals surface area contributed by atoms with Gasteiger partial charge in [-0.25, -0.2) is 4.79 Å². The molecule has 116 valence electrons. The first-order chi connectivity index (χ1) is 9.79. The smallest absolute Gasteiger partial charge is 0.335 e. The summed E-state index contributed by atoms with van der Waals surface area (Å²) in [5.41, 5.74) is 8.21. The summed E-state index contributed by atoms with van der Waals surface area (Å²) >= 11 is 0. The van der Waals surface area contributed by atoms with E-state index in [4.69, 9.17) is 10.8 Å². The van der Waals surface area contributed by atoms with Gasteiger partial charge in [0.05, 0.1) is 16.9 Å². The van der Waals surface area contributed by atoms with Crippen molar-refractivity contribution in [2.45, 2.75) is 40.0 Å². The van der Waals surface area contributed by atoms with Crippen LogP contribution in [0.25, 0.3) is 0 Å². The summed E-state index contributed by atoms with van der Waals surface area (Å²) in [5, 5.41) is 9.14. The van der Waals surface area contributed by atoms with E-state index in [1.165, 1.54) is 6.42 Å². The van der Waals surface area contributed by atoms with E-state index in [9.17, 15) is 4.79 Å². The van der Waals surface area contributed by atoms with Crippen molar-refractivity contribution >= 4 is 17.3 Å². The standard InChI is InChI=1S/C17H26N2O2/c1-17(2,3)13-5-4-9-19(10-8-13)15-11-12(16(20)21)6-7-14(15)18/h6-7,11,13H,4-5,8-10,18H2,1-3H3,(H,20,21). The predicted molar refractivity (Wildman–Crippen MR) is 86.8 cm³/mol. The summed E-state index contributed by atoms with van der Waals surface area (Å²) < 4.78 is 0. The lowest BCUT2D eigenvalue weighted by atomic mass is 9.77. The van der Waals surface area contributed by atoms with Gasteiger partial charge in [0.15, 0.2) is 0 Å². The SMILES string of the molecule is CC(C)(C)C1CCCN(c2cc(C(=O)O)ccc2N)CC1. The first-order valence-electron chi connectivity index (χ1n) is 7.67. The van der Waals surface area contributed by atoms with E-state index in [0.717, 1.165) is 31.6 Å². The van der Waals surface area contributed by atoms with E-state index in [0.29, 0.717) is 22.6 Å². The van der Waals surface area contributed by atoms with E-state index >= 15 is 0 Å². The van der Waals surface area contributed by atoms with Crippen LogP contribution >= 0.6 is 0 Å². The van der Waals surface area contributed by atoms with Gasteiger partial charge in [-0.2, -0.15) is 0 Å². The van der Waals surface area contributed by atoms with Crippen LogP contribution in [-0.2, 0) is 0 Å². The number of nitrogen functional groups attached to an aromatic ring is 1. The molecule has 1 saturated heterocycles. The number of carboxylic acid groups (broad SMARTS) is 1. The van der Waals surface area contributed by atoms with Crippen molar-refractivity contribution in [3.05, 3.63) is 23.8 Å². The van der Waals surface area contributed by atoms with E-state index in [-0.39, 0.29) is 0 Å². The van der Waals surface area contributed by atoms with Crippen molar-refractivity contribution < 1.29 is 9.90 Å². The number of aromatic carboxylic acids is 1. The van der Waals surface area contributed by atoms with Crippen LogP contribution in [0.2, 0.25) is 0 Å². The molecule has 1 atom stereocenters. The Hall–Kier alpha value is -1.71. The minimum atomic E-state index is -0.904. The van der Waals surface area contributed by atoms with Crippen LogP contribution in [0, 0.1) is 11.3 Å². The number of benzene rings is 1. The topological polar surface area (TPSA) is 66.6 Å². The van der Waals surface area contributed by atoms with Gasteiger partial charge in [-0.05, 0) is 48.8 Å². The fraction of sp³-hybridized carbons (Fsp3) is 0.588. The zero-order valence-electron chi connectivity index (χ0n) is 13.2. The molecule has 4 heteroatoms. The average Bonchev–Trinajstić information content (AvgIpc) is 2.64. The second-order valence-corrected chi connectivity index (χ2v) is 7.06. The maximum absolute atomic E-state index is 11.1. The molecule has 1 aromatic rings. The third-order valence-electron chi connectivity index (χ3n) is 4.57. The molecule has 2 rings (SSSR count). The quantitative estimate of drug-likeness (QED) is 0.816. The molecule has 0 spiro atoms. The summed E-state index contributed by atoms with van der Waals surface area (Å²) in [6.07, 6.45) is 3.47. The van der Waals surface area contributed by atoms with E-state index in [2.05, 4.69) is 25.7 Å². The van der Waals surface area contributed by atoms with Gasteiger partial charge >= 0.3 is 5.97 Å². The number of nitrogens with two attached hydrogens (primary N) is 1. The van der Waals surface area contributed by atoms with Gasteiger partial charge in [-0.1, -0.05) is 20.8 Å². The molecule has 21 heavy (non-hydrogen) atoms. The van der Waals surface area contributed by atoms with Crippen LogP contribution in [-0.4, -0.2) is 24.2 Å². The fourth-order valence-electron chi connectivity index (χ4n) is 3.15. The van der Waals surface area contributed by atoms with Crippen LogP contribution in [0.4, 0.5) is 11.4 Å². The molecule has 0 saturated carbocycles. The highest BCUT2D eigenvalue weighted by atomic mass is 16.4. The number of hydrogen-bond acceptors (Lipinski definition) is 3. The predicted octanol–water partition coefficient (Wildman–Crippen LogP) is 3.62. The first-order valence-corrected chi connectivity index (χ1v) is 7.67. The Morgan fingerprint density at radius 2 is 2.00 bits per heavy atom. The zero-order valence-corrected chi connectivity index (χ0v) is 13.2. The van der Waals surface area contributed by atoms with Crippen molar-refractivity contribution in [1.29, 1.82) is 0 Å². The Balaban J connectivity index is 2.19. The lowest BCUT2D eigenvalue weighted by molar-refractivity contribution is 0.0697. The van der Waals surface area contributed by atoms with Crippen molar-refractivity contribution in [3.63, 3.8) is 0 Å². The molecule has 1 aromatic carbocycles. The van der Waals surface area contributed by atoms with Crippen LogP contribution < -0.4 is 10.6 Å². The molecule has 0 radical (unpaired) electrons. The minimum Gasteiger partial charge on any atom is -0.478 e.